The molecule has 2 heterocycles. The van der Waals surface area contributed by atoms with Gasteiger partial charge in [0, 0.05) is 13.1 Å². The van der Waals surface area contributed by atoms with Gasteiger partial charge in [-0.25, -0.2) is 23.1 Å². The number of para-hydroxylation sites is 1. The third-order valence-electron chi connectivity index (χ3n) is 5.82. The van der Waals surface area contributed by atoms with E-state index in [9.17, 15) is 22.8 Å². The molecule has 1 N–H and O–H groups in total. The van der Waals surface area contributed by atoms with Crippen LogP contribution in [-0.4, -0.2) is 74.3 Å². The highest BCUT2D eigenvalue weighted by Crippen LogP contribution is 2.38. The fraction of sp³-hybridized carbons (Fsp3) is 0.304. The number of halogens is 1. The number of amides is 3. The normalized spacial score (nSPS) is 18.5. The minimum absolute atomic E-state index is 0.0396. The molecule has 1 atom stereocenters. The zero-order valence-electron chi connectivity index (χ0n) is 20.4. The van der Waals surface area contributed by atoms with Gasteiger partial charge in [0.1, 0.15) is 16.4 Å². The number of likely N-dealkylation sites (N-methyl/N-ethyl adjacent to an activating group) is 1. The number of benzene rings is 2. The molecule has 2 aromatic carbocycles. The van der Waals surface area contributed by atoms with Gasteiger partial charge in [-0.1, -0.05) is 23.7 Å². The zero-order chi connectivity index (χ0) is 27.3. The molecule has 12 nitrogen and oxygen atoms in total. The van der Waals surface area contributed by atoms with Gasteiger partial charge in [0.25, 0.3) is 21.8 Å². The molecular weight excluding hydrogens is 528 g/mol. The molecular formula is C23H23ClN4O8S. The second kappa shape index (κ2) is 9.23. The Kier molecular flexibility index (Phi) is 6.54. The number of nitrogens with zero attached hydrogens (tertiary/aromatic N) is 3. The maximum atomic E-state index is 13.8. The van der Waals surface area contributed by atoms with E-state index in [0.29, 0.717) is 4.90 Å². The van der Waals surface area contributed by atoms with Crippen LogP contribution in [0.2, 0.25) is 5.02 Å². The van der Waals surface area contributed by atoms with Gasteiger partial charge in [-0.05, 0) is 32.0 Å². The Morgan fingerprint density at radius 3 is 2.38 bits per heavy atom. The van der Waals surface area contributed by atoms with Crippen molar-refractivity contribution in [2.75, 3.05) is 26.6 Å². The molecule has 1 unspecified atom stereocenters. The Morgan fingerprint density at radius 1 is 1.14 bits per heavy atom. The number of fused-ring (bicyclic) bond motifs is 1. The van der Waals surface area contributed by atoms with Crippen molar-refractivity contribution in [1.29, 1.82) is 0 Å². The van der Waals surface area contributed by atoms with E-state index in [-0.39, 0.29) is 32.8 Å². The molecule has 4 rings (SSSR count). The summed E-state index contributed by atoms with van der Waals surface area (Å²) in [5.41, 5.74) is -1.48. The molecule has 0 aliphatic carbocycles. The summed E-state index contributed by atoms with van der Waals surface area (Å²) in [6.45, 7) is 2.71. The van der Waals surface area contributed by atoms with Crippen molar-refractivity contribution in [2.45, 2.75) is 30.4 Å². The quantitative estimate of drug-likeness (QED) is 0.578. The summed E-state index contributed by atoms with van der Waals surface area (Å²) in [4.78, 5) is 44.6. The second-order valence-electron chi connectivity index (χ2n) is 8.54. The summed E-state index contributed by atoms with van der Waals surface area (Å²) >= 11 is 6.22. The average molecular weight is 551 g/mol. The number of carbonyl (C=O) groups is 3. The number of aliphatic imine (C=N–C) groups is 1. The molecule has 0 saturated carbocycles. The first-order valence-electron chi connectivity index (χ1n) is 10.8. The third-order valence-corrected chi connectivity index (χ3v) is 7.92. The fourth-order valence-electron chi connectivity index (χ4n) is 3.88. The van der Waals surface area contributed by atoms with Gasteiger partial charge >= 0.3 is 6.09 Å². The van der Waals surface area contributed by atoms with E-state index in [1.807, 2.05) is 0 Å². The van der Waals surface area contributed by atoms with Crippen LogP contribution in [0.25, 0.3) is 0 Å². The van der Waals surface area contributed by atoms with Crippen molar-refractivity contribution in [2.24, 2.45) is 4.99 Å². The van der Waals surface area contributed by atoms with Gasteiger partial charge < -0.3 is 19.5 Å². The van der Waals surface area contributed by atoms with Crippen molar-refractivity contribution >= 4 is 56.7 Å². The Balaban J connectivity index is 1.87. The van der Waals surface area contributed by atoms with Crippen LogP contribution < -0.4 is 14.8 Å². The van der Waals surface area contributed by atoms with Crippen molar-refractivity contribution in [3.63, 3.8) is 0 Å². The van der Waals surface area contributed by atoms with Gasteiger partial charge in [0.15, 0.2) is 17.5 Å². The van der Waals surface area contributed by atoms with E-state index in [1.165, 1.54) is 65.4 Å². The van der Waals surface area contributed by atoms with Crippen LogP contribution in [0.5, 0.6) is 11.5 Å². The van der Waals surface area contributed by atoms with Crippen LogP contribution in [0, 0.1) is 0 Å². The van der Waals surface area contributed by atoms with E-state index >= 15 is 0 Å². The van der Waals surface area contributed by atoms with E-state index in [4.69, 9.17) is 25.8 Å². The largest absolute Gasteiger partial charge is 0.495 e. The summed E-state index contributed by atoms with van der Waals surface area (Å²) in [5.74, 6) is -1.79. The van der Waals surface area contributed by atoms with Gasteiger partial charge in [-0.15, -0.1) is 0 Å². The van der Waals surface area contributed by atoms with E-state index < -0.39 is 45.4 Å². The van der Waals surface area contributed by atoms with E-state index in [1.54, 1.807) is 6.07 Å². The van der Waals surface area contributed by atoms with E-state index in [0.717, 1.165) is 4.31 Å². The second-order valence-corrected chi connectivity index (χ2v) is 10.9. The summed E-state index contributed by atoms with van der Waals surface area (Å²) in [5, 5.41) is 2.70. The first kappa shape index (κ1) is 26.2. The van der Waals surface area contributed by atoms with Gasteiger partial charge in [-0.2, -0.15) is 0 Å². The summed E-state index contributed by atoms with van der Waals surface area (Å²) < 4.78 is 42.9. The van der Waals surface area contributed by atoms with Crippen LogP contribution in [0.15, 0.2) is 46.3 Å². The number of carbonyl (C=O) groups excluding carboxylic acids is 3. The lowest BCUT2D eigenvalue weighted by Gasteiger charge is -2.33. The standard InChI is InChI=1S/C23H23ClN4O8S/c1-23(2)21(30)28(22(31)36-23)18(19-25-13-8-6-7-9-17(13)37(32,33)27(19)3)20(29)26-14-10-12(24)15(34-4)11-16(14)35-5/h6-11,18H,1-5H3,(H,26,29). The molecule has 3 amide bonds. The number of cyclic esters (lactones) is 1. The molecule has 196 valence electrons. The topological polar surface area (TPSA) is 144 Å². The van der Waals surface area contributed by atoms with Crippen LogP contribution in [0.3, 0.4) is 0 Å². The Hall–Kier alpha value is -3.84. The molecule has 2 aliphatic heterocycles. The molecule has 1 saturated heterocycles. The van der Waals surface area contributed by atoms with Crippen LogP contribution >= 0.6 is 11.6 Å². The highest BCUT2D eigenvalue weighted by Gasteiger charge is 2.55. The molecule has 0 radical (unpaired) electrons. The van der Waals surface area contributed by atoms with Crippen molar-refractivity contribution in [3.8, 4) is 11.5 Å². The molecule has 2 aliphatic rings. The van der Waals surface area contributed by atoms with Crippen LogP contribution in [0.4, 0.5) is 16.2 Å². The zero-order valence-corrected chi connectivity index (χ0v) is 22.0. The lowest BCUT2D eigenvalue weighted by molar-refractivity contribution is -0.137. The number of ether oxygens (including phenoxy) is 3. The molecule has 14 heteroatoms. The number of imide groups is 1. The van der Waals surface area contributed by atoms with Crippen molar-refractivity contribution < 1.29 is 37.0 Å². The minimum atomic E-state index is -4.17. The van der Waals surface area contributed by atoms with Crippen LogP contribution in [-0.2, 0) is 24.3 Å². The lowest BCUT2D eigenvalue weighted by Crippen LogP contribution is -2.58. The first-order chi connectivity index (χ1) is 17.3. The number of sulfonamides is 1. The predicted molar refractivity (Wildman–Crippen MR) is 133 cm³/mol. The lowest BCUT2D eigenvalue weighted by atomic mass is 10.1. The number of nitrogens with one attached hydrogen (secondary N) is 1. The molecule has 0 spiro atoms. The van der Waals surface area contributed by atoms with Crippen molar-refractivity contribution in [1.82, 2.24) is 9.21 Å². The highest BCUT2D eigenvalue weighted by atomic mass is 35.5. The van der Waals surface area contributed by atoms with E-state index in [2.05, 4.69) is 10.3 Å². The molecule has 2 aromatic rings. The van der Waals surface area contributed by atoms with Crippen molar-refractivity contribution in [3.05, 3.63) is 41.4 Å². The average Bonchev–Trinajstić information content (AvgIpc) is 3.04. The summed E-state index contributed by atoms with van der Waals surface area (Å²) in [7, 11) is -0.251. The number of hydrogen-bond donors (Lipinski definition) is 1. The Labute approximate surface area is 217 Å². The number of hydrogen-bond acceptors (Lipinski definition) is 9. The minimum Gasteiger partial charge on any atom is -0.495 e. The smallest absolute Gasteiger partial charge is 0.418 e. The predicted octanol–water partition coefficient (Wildman–Crippen LogP) is 2.79. The van der Waals surface area contributed by atoms with Crippen LogP contribution in [0.1, 0.15) is 13.8 Å². The van der Waals surface area contributed by atoms with Gasteiger partial charge in [-0.3, -0.25) is 13.9 Å². The Morgan fingerprint density at radius 2 is 1.78 bits per heavy atom. The first-order valence-corrected chi connectivity index (χ1v) is 12.6. The molecule has 0 bridgehead atoms. The maximum absolute atomic E-state index is 13.8. The number of amidine groups is 1. The summed E-state index contributed by atoms with van der Waals surface area (Å²) in [6, 6.07) is 6.84. The maximum Gasteiger partial charge on any atom is 0.418 e. The monoisotopic (exact) mass is 550 g/mol. The molecule has 0 aromatic heterocycles. The Bertz CT molecular complexity index is 1460. The third kappa shape index (κ3) is 4.33. The summed E-state index contributed by atoms with van der Waals surface area (Å²) in [6.07, 6.45) is -1.14. The van der Waals surface area contributed by atoms with Gasteiger partial charge in [0.05, 0.1) is 30.6 Å². The molecule has 37 heavy (non-hydrogen) atoms. The number of methoxy groups -OCH3 is 2. The van der Waals surface area contributed by atoms with Gasteiger partial charge in [0.2, 0.25) is 0 Å². The molecule has 1 fully saturated rings. The SMILES string of the molecule is COc1cc(OC)c(NC(=O)C(C2=Nc3ccccc3S(=O)(=O)N2C)N2C(=O)OC(C)(C)C2=O)cc1Cl. The fourth-order valence-corrected chi connectivity index (χ4v) is 5.43. The highest BCUT2D eigenvalue weighted by molar-refractivity contribution is 7.90. The number of anilines is 1. The number of rotatable bonds is 6.